The summed E-state index contributed by atoms with van der Waals surface area (Å²) in [6.07, 6.45) is 2.58. The molecule has 4 heteroatoms. The van der Waals surface area contributed by atoms with Crippen molar-refractivity contribution in [1.82, 2.24) is 4.90 Å². The van der Waals surface area contributed by atoms with Gasteiger partial charge in [0, 0.05) is 24.5 Å². The van der Waals surface area contributed by atoms with E-state index in [1.165, 1.54) is 5.56 Å². The number of amides is 1. The highest BCUT2D eigenvalue weighted by Crippen LogP contribution is 2.18. The summed E-state index contributed by atoms with van der Waals surface area (Å²) in [7, 11) is 1.79. The molecule has 0 aliphatic rings. The Kier molecular flexibility index (Phi) is 7.10. The van der Waals surface area contributed by atoms with E-state index in [0.717, 1.165) is 17.3 Å². The van der Waals surface area contributed by atoms with E-state index < -0.39 is 0 Å². The first kappa shape index (κ1) is 16.2. The molecule has 0 fully saturated rings. The van der Waals surface area contributed by atoms with Gasteiger partial charge in [-0.05, 0) is 37.8 Å². The van der Waals surface area contributed by atoms with Crippen molar-refractivity contribution in [2.24, 2.45) is 0 Å². The Hall–Kier alpha value is -0.870. The highest BCUT2D eigenvalue weighted by atomic mass is 79.9. The molecule has 0 saturated carbocycles. The SMILES string of the molecule is CC(O)CCN(C)C(=O)CCCc1ccccc1Br. The average Bonchev–Trinajstić information content (AvgIpc) is 2.38. The molecule has 106 valence electrons. The quantitative estimate of drug-likeness (QED) is 0.836. The van der Waals surface area contributed by atoms with Crippen LogP contribution in [0, 0.1) is 0 Å². The van der Waals surface area contributed by atoms with Gasteiger partial charge < -0.3 is 10.0 Å². The molecule has 1 aromatic carbocycles. The number of carbonyl (C=O) groups excluding carboxylic acids is 1. The lowest BCUT2D eigenvalue weighted by Crippen LogP contribution is -2.29. The van der Waals surface area contributed by atoms with Gasteiger partial charge in [-0.2, -0.15) is 0 Å². The number of benzene rings is 1. The lowest BCUT2D eigenvalue weighted by Gasteiger charge is -2.18. The summed E-state index contributed by atoms with van der Waals surface area (Å²) in [5, 5.41) is 9.20. The molecule has 0 heterocycles. The number of aryl methyl sites for hydroxylation is 1. The van der Waals surface area contributed by atoms with Crippen LogP contribution in [0.3, 0.4) is 0 Å². The summed E-state index contributed by atoms with van der Waals surface area (Å²) in [4.78, 5) is 13.6. The molecule has 19 heavy (non-hydrogen) atoms. The van der Waals surface area contributed by atoms with Gasteiger partial charge in [0.2, 0.25) is 5.91 Å². The Labute approximate surface area is 123 Å². The minimum atomic E-state index is -0.351. The predicted molar refractivity (Wildman–Crippen MR) is 81.0 cm³/mol. The van der Waals surface area contributed by atoms with Gasteiger partial charge in [0.25, 0.3) is 0 Å². The Morgan fingerprint density at radius 1 is 1.42 bits per heavy atom. The molecule has 0 saturated heterocycles. The summed E-state index contributed by atoms with van der Waals surface area (Å²) >= 11 is 3.51. The maximum Gasteiger partial charge on any atom is 0.222 e. The van der Waals surface area contributed by atoms with Gasteiger partial charge in [-0.25, -0.2) is 0 Å². The molecule has 1 amide bonds. The molecule has 3 nitrogen and oxygen atoms in total. The van der Waals surface area contributed by atoms with Crippen LogP contribution in [0.4, 0.5) is 0 Å². The Morgan fingerprint density at radius 3 is 2.74 bits per heavy atom. The molecule has 0 bridgehead atoms. The molecule has 0 aromatic heterocycles. The van der Waals surface area contributed by atoms with Crippen LogP contribution in [-0.2, 0) is 11.2 Å². The van der Waals surface area contributed by atoms with Gasteiger partial charge in [-0.1, -0.05) is 34.1 Å². The third-order valence-corrected chi connectivity index (χ3v) is 3.88. The van der Waals surface area contributed by atoms with E-state index in [9.17, 15) is 9.90 Å². The number of aliphatic hydroxyl groups is 1. The summed E-state index contributed by atoms with van der Waals surface area (Å²) in [5.41, 5.74) is 1.24. The third kappa shape index (κ3) is 6.21. The van der Waals surface area contributed by atoms with Gasteiger partial charge in [0.1, 0.15) is 0 Å². The van der Waals surface area contributed by atoms with E-state index in [1.807, 2.05) is 18.2 Å². The lowest BCUT2D eigenvalue weighted by molar-refractivity contribution is -0.130. The number of carbonyl (C=O) groups is 1. The Morgan fingerprint density at radius 2 is 2.11 bits per heavy atom. The predicted octanol–water partition coefficient (Wildman–Crippen LogP) is 3.00. The number of hydrogen-bond donors (Lipinski definition) is 1. The van der Waals surface area contributed by atoms with Crippen LogP contribution in [-0.4, -0.2) is 35.6 Å². The van der Waals surface area contributed by atoms with E-state index in [4.69, 9.17) is 0 Å². The van der Waals surface area contributed by atoms with Crippen molar-refractivity contribution in [3.05, 3.63) is 34.3 Å². The van der Waals surface area contributed by atoms with Crippen LogP contribution in [0.25, 0.3) is 0 Å². The van der Waals surface area contributed by atoms with Crippen molar-refractivity contribution in [3.8, 4) is 0 Å². The standard InChI is InChI=1S/C15H22BrNO2/c1-12(18)10-11-17(2)15(19)9-5-7-13-6-3-4-8-14(13)16/h3-4,6,8,12,18H,5,7,9-11H2,1-2H3. The van der Waals surface area contributed by atoms with Crippen LogP contribution in [0.5, 0.6) is 0 Å². The van der Waals surface area contributed by atoms with Gasteiger partial charge >= 0.3 is 0 Å². The van der Waals surface area contributed by atoms with Crippen molar-refractivity contribution in [2.45, 2.75) is 38.7 Å². The molecule has 0 aliphatic carbocycles. The van der Waals surface area contributed by atoms with Crippen molar-refractivity contribution in [1.29, 1.82) is 0 Å². The second-order valence-electron chi connectivity index (χ2n) is 4.90. The normalized spacial score (nSPS) is 12.2. The first-order valence-electron chi connectivity index (χ1n) is 6.66. The number of rotatable bonds is 7. The second kappa shape index (κ2) is 8.33. The smallest absolute Gasteiger partial charge is 0.222 e. The minimum absolute atomic E-state index is 0.146. The largest absolute Gasteiger partial charge is 0.393 e. The zero-order valence-electron chi connectivity index (χ0n) is 11.6. The molecular formula is C15H22BrNO2. The highest BCUT2D eigenvalue weighted by molar-refractivity contribution is 9.10. The fourth-order valence-electron chi connectivity index (χ4n) is 1.83. The molecule has 1 rings (SSSR count). The summed E-state index contributed by atoms with van der Waals surface area (Å²) in [5.74, 6) is 0.146. The molecule has 1 atom stereocenters. The molecule has 0 radical (unpaired) electrons. The summed E-state index contributed by atoms with van der Waals surface area (Å²) in [6.45, 7) is 2.36. The van der Waals surface area contributed by atoms with Crippen LogP contribution >= 0.6 is 15.9 Å². The zero-order valence-corrected chi connectivity index (χ0v) is 13.2. The van der Waals surface area contributed by atoms with E-state index in [2.05, 4.69) is 22.0 Å². The van der Waals surface area contributed by atoms with Crippen LogP contribution in [0.15, 0.2) is 28.7 Å². The lowest BCUT2D eigenvalue weighted by atomic mass is 10.1. The van der Waals surface area contributed by atoms with Crippen molar-refractivity contribution >= 4 is 21.8 Å². The van der Waals surface area contributed by atoms with Crippen molar-refractivity contribution in [2.75, 3.05) is 13.6 Å². The summed E-state index contributed by atoms with van der Waals surface area (Å²) in [6, 6.07) is 8.09. The summed E-state index contributed by atoms with van der Waals surface area (Å²) < 4.78 is 1.10. The Balaban J connectivity index is 2.29. The third-order valence-electron chi connectivity index (χ3n) is 3.10. The van der Waals surface area contributed by atoms with Crippen LogP contribution in [0.2, 0.25) is 0 Å². The first-order chi connectivity index (χ1) is 9.00. The van der Waals surface area contributed by atoms with E-state index in [-0.39, 0.29) is 12.0 Å². The first-order valence-corrected chi connectivity index (χ1v) is 7.45. The molecule has 1 unspecified atom stereocenters. The maximum absolute atomic E-state index is 11.9. The van der Waals surface area contributed by atoms with Crippen LogP contribution in [0.1, 0.15) is 31.7 Å². The van der Waals surface area contributed by atoms with Crippen molar-refractivity contribution in [3.63, 3.8) is 0 Å². The second-order valence-corrected chi connectivity index (χ2v) is 5.75. The number of aliphatic hydroxyl groups excluding tert-OH is 1. The van der Waals surface area contributed by atoms with Gasteiger partial charge in [-0.15, -0.1) is 0 Å². The fourth-order valence-corrected chi connectivity index (χ4v) is 2.31. The monoisotopic (exact) mass is 327 g/mol. The molecule has 1 aromatic rings. The zero-order chi connectivity index (χ0) is 14.3. The number of hydrogen-bond acceptors (Lipinski definition) is 2. The van der Waals surface area contributed by atoms with E-state index in [0.29, 0.717) is 19.4 Å². The van der Waals surface area contributed by atoms with Crippen LogP contribution < -0.4 is 0 Å². The van der Waals surface area contributed by atoms with Gasteiger partial charge in [0.15, 0.2) is 0 Å². The highest BCUT2D eigenvalue weighted by Gasteiger charge is 2.09. The minimum Gasteiger partial charge on any atom is -0.393 e. The maximum atomic E-state index is 11.9. The number of nitrogens with zero attached hydrogens (tertiary/aromatic N) is 1. The molecule has 1 N–H and O–H groups in total. The topological polar surface area (TPSA) is 40.5 Å². The Bertz CT molecular complexity index is 407. The fraction of sp³-hybridized carbons (Fsp3) is 0.533. The van der Waals surface area contributed by atoms with Crippen molar-refractivity contribution < 1.29 is 9.90 Å². The average molecular weight is 328 g/mol. The van der Waals surface area contributed by atoms with E-state index in [1.54, 1.807) is 18.9 Å². The molecule has 0 aliphatic heterocycles. The molecule has 0 spiro atoms. The van der Waals surface area contributed by atoms with Gasteiger partial charge in [0.05, 0.1) is 6.10 Å². The molecular weight excluding hydrogens is 306 g/mol. The number of halogens is 1. The van der Waals surface area contributed by atoms with E-state index >= 15 is 0 Å². The van der Waals surface area contributed by atoms with Gasteiger partial charge in [-0.3, -0.25) is 4.79 Å².